The van der Waals surface area contributed by atoms with E-state index in [4.69, 9.17) is 0 Å². The monoisotopic (exact) mass is 194 g/mol. The number of carbonyl (C=O) groups is 1. The molecule has 1 heteroatoms. The molecule has 0 fully saturated rings. The number of aldehydes is 1. The van der Waals surface area contributed by atoms with E-state index in [1.54, 1.807) is 0 Å². The van der Waals surface area contributed by atoms with Gasteiger partial charge in [0.1, 0.15) is 6.29 Å². The molecule has 0 saturated heterocycles. The van der Waals surface area contributed by atoms with Crippen LogP contribution in [0.3, 0.4) is 0 Å². The van der Waals surface area contributed by atoms with E-state index in [1.165, 1.54) is 51.4 Å². The summed E-state index contributed by atoms with van der Waals surface area (Å²) in [7, 11) is 0. The molecule has 14 heavy (non-hydrogen) atoms. The third-order valence-electron chi connectivity index (χ3n) is 2.98. The lowest BCUT2D eigenvalue weighted by atomic mass is 10.0. The van der Waals surface area contributed by atoms with Crippen molar-refractivity contribution in [1.29, 1.82) is 0 Å². The molecule has 0 spiro atoms. The molecule has 0 unspecified atom stereocenters. The van der Waals surface area contributed by atoms with Crippen LogP contribution in [0.1, 0.15) is 64.2 Å². The number of carbonyl (C=O) groups excluding carboxylic acids is 1. The van der Waals surface area contributed by atoms with E-state index in [1.807, 2.05) is 0 Å². The molecule has 0 atom stereocenters. The van der Waals surface area contributed by atoms with Gasteiger partial charge in [0.05, 0.1) is 0 Å². The highest BCUT2D eigenvalue weighted by Gasteiger charge is 1.98. The Labute approximate surface area is 87.6 Å². The van der Waals surface area contributed by atoms with Gasteiger partial charge in [-0.15, -0.1) is 0 Å². The second-order valence-electron chi connectivity index (χ2n) is 4.26. The predicted molar refractivity (Wildman–Crippen MR) is 60.3 cm³/mol. The van der Waals surface area contributed by atoms with Crippen molar-refractivity contribution in [3.8, 4) is 0 Å². The Hall–Kier alpha value is -0.590. The summed E-state index contributed by atoms with van der Waals surface area (Å²) in [4.78, 5) is 10.7. The van der Waals surface area contributed by atoms with Gasteiger partial charge >= 0.3 is 0 Å². The van der Waals surface area contributed by atoms with Gasteiger partial charge in [-0.05, 0) is 31.3 Å². The molecule has 0 amide bonds. The average molecular weight is 194 g/mol. The van der Waals surface area contributed by atoms with Gasteiger partial charge in [-0.25, -0.2) is 0 Å². The van der Waals surface area contributed by atoms with Crippen molar-refractivity contribution in [1.82, 2.24) is 0 Å². The molecule has 1 aliphatic rings. The SMILES string of the molecule is O=C/C1=C/CCCCCCCCCC1. The van der Waals surface area contributed by atoms with E-state index < -0.39 is 0 Å². The summed E-state index contributed by atoms with van der Waals surface area (Å²) in [5, 5.41) is 0. The van der Waals surface area contributed by atoms with E-state index >= 15 is 0 Å². The molecule has 0 radical (unpaired) electrons. The first-order chi connectivity index (χ1) is 6.93. The number of hydrogen-bond acceptors (Lipinski definition) is 1. The van der Waals surface area contributed by atoms with Crippen molar-refractivity contribution in [3.05, 3.63) is 11.6 Å². The molecule has 0 aromatic heterocycles. The molecule has 1 nitrogen and oxygen atoms in total. The van der Waals surface area contributed by atoms with Crippen molar-refractivity contribution in [2.24, 2.45) is 0 Å². The van der Waals surface area contributed by atoms with Gasteiger partial charge in [-0.3, -0.25) is 4.79 Å². The van der Waals surface area contributed by atoms with Gasteiger partial charge in [0.15, 0.2) is 0 Å². The van der Waals surface area contributed by atoms with Gasteiger partial charge in [-0.2, -0.15) is 0 Å². The molecule has 1 aliphatic carbocycles. The van der Waals surface area contributed by atoms with Crippen LogP contribution >= 0.6 is 0 Å². The van der Waals surface area contributed by atoms with Crippen LogP contribution < -0.4 is 0 Å². The first-order valence-electron chi connectivity index (χ1n) is 6.07. The van der Waals surface area contributed by atoms with Gasteiger partial charge in [0, 0.05) is 0 Å². The third kappa shape index (κ3) is 5.21. The molecule has 1 rings (SSSR count). The summed E-state index contributed by atoms with van der Waals surface area (Å²) >= 11 is 0. The molecule has 0 heterocycles. The fourth-order valence-corrected chi connectivity index (χ4v) is 2.03. The number of allylic oxidation sites excluding steroid dienone is 2. The van der Waals surface area contributed by atoms with E-state index in [0.717, 1.165) is 24.7 Å². The third-order valence-corrected chi connectivity index (χ3v) is 2.98. The zero-order valence-corrected chi connectivity index (χ0v) is 9.13. The normalized spacial score (nSPS) is 25.3. The lowest BCUT2D eigenvalue weighted by Crippen LogP contribution is -1.89. The van der Waals surface area contributed by atoms with E-state index in [9.17, 15) is 4.79 Å². The van der Waals surface area contributed by atoms with Crippen LogP contribution in [-0.2, 0) is 4.79 Å². The Balaban J connectivity index is 2.33. The molecule has 0 saturated carbocycles. The maximum Gasteiger partial charge on any atom is 0.145 e. The smallest absolute Gasteiger partial charge is 0.145 e. The lowest BCUT2D eigenvalue weighted by Gasteiger charge is -2.05. The molecule has 80 valence electrons. The summed E-state index contributed by atoms with van der Waals surface area (Å²) in [5.41, 5.74) is 1.03. The van der Waals surface area contributed by atoms with Crippen molar-refractivity contribution < 1.29 is 4.79 Å². The lowest BCUT2D eigenvalue weighted by molar-refractivity contribution is -0.105. The minimum absolute atomic E-state index is 1.00. The van der Waals surface area contributed by atoms with Gasteiger partial charge < -0.3 is 0 Å². The second-order valence-corrected chi connectivity index (χ2v) is 4.26. The fourth-order valence-electron chi connectivity index (χ4n) is 2.03. The molecule has 0 bridgehead atoms. The zero-order chi connectivity index (χ0) is 10.1. The van der Waals surface area contributed by atoms with Crippen molar-refractivity contribution in [3.63, 3.8) is 0 Å². The summed E-state index contributed by atoms with van der Waals surface area (Å²) in [6, 6.07) is 0. The average Bonchev–Trinajstić information content (AvgIpc) is 2.19. The van der Waals surface area contributed by atoms with E-state index in [0.29, 0.717) is 0 Å². The maximum atomic E-state index is 10.7. The molecular formula is C13H22O. The minimum Gasteiger partial charge on any atom is -0.298 e. The minimum atomic E-state index is 1.00. The maximum absolute atomic E-state index is 10.7. The van der Waals surface area contributed by atoms with Crippen LogP contribution in [-0.4, -0.2) is 6.29 Å². The molecule has 0 aromatic carbocycles. The first-order valence-corrected chi connectivity index (χ1v) is 6.07. The first kappa shape index (κ1) is 11.5. The largest absolute Gasteiger partial charge is 0.298 e. The van der Waals surface area contributed by atoms with Crippen LogP contribution in [0.15, 0.2) is 11.6 Å². The number of rotatable bonds is 1. The Bertz CT molecular complexity index is 182. The summed E-state index contributed by atoms with van der Waals surface area (Å²) in [6.07, 6.45) is 15.9. The Kier molecular flexibility index (Phi) is 6.38. The Morgan fingerprint density at radius 3 is 2.07 bits per heavy atom. The standard InChI is InChI=1S/C13H22O/c14-12-13-10-8-6-4-2-1-3-5-7-9-11-13/h10,12H,1-9,11H2/b13-10+. The van der Waals surface area contributed by atoms with Gasteiger partial charge in [0.25, 0.3) is 0 Å². The van der Waals surface area contributed by atoms with Crippen molar-refractivity contribution in [2.45, 2.75) is 64.2 Å². The van der Waals surface area contributed by atoms with Crippen LogP contribution in [0.5, 0.6) is 0 Å². The van der Waals surface area contributed by atoms with Crippen molar-refractivity contribution in [2.75, 3.05) is 0 Å². The molecule has 0 aromatic rings. The quantitative estimate of drug-likeness (QED) is 0.576. The summed E-state index contributed by atoms with van der Waals surface area (Å²) < 4.78 is 0. The van der Waals surface area contributed by atoms with Crippen molar-refractivity contribution >= 4 is 6.29 Å². The molecular weight excluding hydrogens is 172 g/mol. The highest BCUT2D eigenvalue weighted by Crippen LogP contribution is 2.15. The highest BCUT2D eigenvalue weighted by molar-refractivity contribution is 5.72. The van der Waals surface area contributed by atoms with E-state index in [-0.39, 0.29) is 0 Å². The Morgan fingerprint density at radius 1 is 0.857 bits per heavy atom. The summed E-state index contributed by atoms with van der Waals surface area (Å²) in [6.45, 7) is 0. The van der Waals surface area contributed by atoms with Crippen LogP contribution in [0.4, 0.5) is 0 Å². The topological polar surface area (TPSA) is 17.1 Å². The predicted octanol–water partition coefficient (Wildman–Crippen LogP) is 4.03. The number of hydrogen-bond donors (Lipinski definition) is 0. The van der Waals surface area contributed by atoms with Crippen LogP contribution in [0.25, 0.3) is 0 Å². The highest BCUT2D eigenvalue weighted by atomic mass is 16.1. The van der Waals surface area contributed by atoms with Crippen LogP contribution in [0.2, 0.25) is 0 Å². The molecule has 0 N–H and O–H groups in total. The summed E-state index contributed by atoms with van der Waals surface area (Å²) in [5.74, 6) is 0. The molecule has 0 aliphatic heterocycles. The second kappa shape index (κ2) is 7.78. The van der Waals surface area contributed by atoms with Crippen LogP contribution in [0, 0.1) is 0 Å². The fraction of sp³-hybridized carbons (Fsp3) is 0.769. The Morgan fingerprint density at radius 2 is 1.43 bits per heavy atom. The van der Waals surface area contributed by atoms with Gasteiger partial charge in [0.2, 0.25) is 0 Å². The van der Waals surface area contributed by atoms with Gasteiger partial charge in [-0.1, -0.05) is 44.6 Å². The van der Waals surface area contributed by atoms with E-state index in [2.05, 4.69) is 6.08 Å². The zero-order valence-electron chi connectivity index (χ0n) is 9.13.